The van der Waals surface area contributed by atoms with Crippen molar-refractivity contribution >= 4 is 21.5 Å². The number of nitrogens with one attached hydrogen (secondary N) is 2. The molecule has 0 aliphatic heterocycles. The van der Waals surface area contributed by atoms with E-state index >= 15 is 0 Å². The third-order valence-electron chi connectivity index (χ3n) is 3.76. The number of pyridine rings is 1. The summed E-state index contributed by atoms with van der Waals surface area (Å²) in [7, 11) is 0.342. The zero-order chi connectivity index (χ0) is 18.6. The predicted octanol–water partition coefficient (Wildman–Crippen LogP) is 2.78. The lowest BCUT2D eigenvalue weighted by molar-refractivity contribution is 0.425. The van der Waals surface area contributed by atoms with E-state index in [1.54, 1.807) is 26.1 Å². The lowest BCUT2D eigenvalue weighted by atomic mass is 10.1. The van der Waals surface area contributed by atoms with Crippen LogP contribution in [0.1, 0.15) is 16.7 Å². The number of aryl methyl sites for hydroxylation is 3. The second-order valence-corrected chi connectivity index (χ2v) is 8.11. The first-order chi connectivity index (χ1) is 11.7. The molecule has 2 rings (SSSR count). The smallest absolute Gasteiger partial charge is 0.263 e. The summed E-state index contributed by atoms with van der Waals surface area (Å²) < 4.78 is 28.0. The highest BCUT2D eigenvalue weighted by Crippen LogP contribution is 2.24. The van der Waals surface area contributed by atoms with Crippen molar-refractivity contribution in [3.05, 3.63) is 47.2 Å². The summed E-state index contributed by atoms with van der Waals surface area (Å²) in [6.45, 7) is 7.26. The van der Waals surface area contributed by atoms with Crippen molar-refractivity contribution < 1.29 is 8.42 Å². The molecule has 0 atom stereocenters. The number of hydrogen-bond donors (Lipinski definition) is 2. The zero-order valence-electron chi connectivity index (χ0n) is 15.4. The summed E-state index contributed by atoms with van der Waals surface area (Å²) in [5.74, 6) is 0.303. The van der Waals surface area contributed by atoms with Gasteiger partial charge in [0.1, 0.15) is 5.82 Å². The maximum atomic E-state index is 12.7. The molecule has 0 aliphatic rings. The molecule has 0 amide bonds. The van der Waals surface area contributed by atoms with Crippen molar-refractivity contribution in [3.63, 3.8) is 0 Å². The molecule has 1 heterocycles. The van der Waals surface area contributed by atoms with E-state index in [0.29, 0.717) is 10.7 Å². The molecule has 0 unspecified atom stereocenters. The minimum atomic E-state index is -3.67. The van der Waals surface area contributed by atoms with Gasteiger partial charge in [0.05, 0.1) is 16.8 Å². The number of rotatable bonds is 7. The van der Waals surface area contributed by atoms with Gasteiger partial charge in [-0.1, -0.05) is 17.7 Å². The standard InChI is InChI=1S/C18H26N4O2S/c1-13-10-14(2)18(15(3)11-13)25(23,24)21-17-7-6-16(12-20-17)19-8-9-22(4)5/h6-7,10-12,19H,8-9H2,1-5H3,(H,20,21). The van der Waals surface area contributed by atoms with Crippen LogP contribution >= 0.6 is 0 Å². The second kappa shape index (κ2) is 7.84. The van der Waals surface area contributed by atoms with E-state index in [1.165, 1.54) is 0 Å². The quantitative estimate of drug-likeness (QED) is 0.792. The first kappa shape index (κ1) is 19.2. The minimum absolute atomic E-state index is 0.303. The normalized spacial score (nSPS) is 11.6. The van der Waals surface area contributed by atoms with Gasteiger partial charge < -0.3 is 10.2 Å². The Morgan fingerprint density at radius 1 is 1.08 bits per heavy atom. The van der Waals surface area contributed by atoms with Crippen LogP contribution in [0.2, 0.25) is 0 Å². The van der Waals surface area contributed by atoms with Crippen LogP contribution in [0.25, 0.3) is 0 Å². The van der Waals surface area contributed by atoms with Gasteiger partial charge in [0.15, 0.2) is 0 Å². The lowest BCUT2D eigenvalue weighted by Gasteiger charge is -2.14. The zero-order valence-corrected chi connectivity index (χ0v) is 16.2. The Morgan fingerprint density at radius 2 is 1.72 bits per heavy atom. The Hall–Kier alpha value is -2.12. The maximum absolute atomic E-state index is 12.7. The van der Waals surface area contributed by atoms with Crippen molar-refractivity contribution in [3.8, 4) is 0 Å². The minimum Gasteiger partial charge on any atom is -0.383 e. The lowest BCUT2D eigenvalue weighted by Crippen LogP contribution is -2.21. The number of sulfonamides is 1. The van der Waals surface area contributed by atoms with Gasteiger partial charge in [-0.15, -0.1) is 0 Å². The molecule has 0 fully saturated rings. The highest BCUT2D eigenvalue weighted by molar-refractivity contribution is 7.92. The number of benzene rings is 1. The SMILES string of the molecule is Cc1cc(C)c(S(=O)(=O)Nc2ccc(NCCN(C)C)cn2)c(C)c1. The van der Waals surface area contributed by atoms with E-state index in [1.807, 2.05) is 39.2 Å². The molecule has 1 aromatic heterocycles. The summed E-state index contributed by atoms with van der Waals surface area (Å²) in [6, 6.07) is 7.21. The molecule has 0 saturated carbocycles. The van der Waals surface area contributed by atoms with Gasteiger partial charge in [-0.25, -0.2) is 13.4 Å². The molecule has 2 aromatic rings. The van der Waals surface area contributed by atoms with Crippen molar-refractivity contribution in [2.45, 2.75) is 25.7 Å². The molecule has 0 spiro atoms. The van der Waals surface area contributed by atoms with Crippen LogP contribution in [0, 0.1) is 20.8 Å². The molecular weight excluding hydrogens is 336 g/mol. The summed E-state index contributed by atoms with van der Waals surface area (Å²) in [6.07, 6.45) is 1.63. The highest BCUT2D eigenvalue weighted by atomic mass is 32.2. The number of anilines is 2. The van der Waals surface area contributed by atoms with Crippen LogP contribution in [-0.4, -0.2) is 45.5 Å². The monoisotopic (exact) mass is 362 g/mol. The highest BCUT2D eigenvalue weighted by Gasteiger charge is 2.20. The Morgan fingerprint density at radius 3 is 2.24 bits per heavy atom. The van der Waals surface area contributed by atoms with Gasteiger partial charge in [0.2, 0.25) is 0 Å². The Kier molecular flexibility index (Phi) is 6.02. The van der Waals surface area contributed by atoms with E-state index in [9.17, 15) is 8.42 Å². The van der Waals surface area contributed by atoms with Crippen molar-refractivity contribution in [1.82, 2.24) is 9.88 Å². The first-order valence-corrected chi connectivity index (χ1v) is 9.62. The largest absolute Gasteiger partial charge is 0.383 e. The van der Waals surface area contributed by atoms with Gasteiger partial charge >= 0.3 is 0 Å². The van der Waals surface area contributed by atoms with Gasteiger partial charge in [0.25, 0.3) is 10.0 Å². The molecule has 25 heavy (non-hydrogen) atoms. The molecule has 0 radical (unpaired) electrons. The van der Waals surface area contributed by atoms with E-state index in [2.05, 4.69) is 19.9 Å². The number of nitrogens with zero attached hydrogens (tertiary/aromatic N) is 2. The van der Waals surface area contributed by atoms with Gasteiger partial charge in [0, 0.05) is 13.1 Å². The number of aromatic nitrogens is 1. The molecule has 6 nitrogen and oxygen atoms in total. The molecule has 2 N–H and O–H groups in total. The number of likely N-dealkylation sites (N-methyl/N-ethyl adjacent to an activating group) is 1. The van der Waals surface area contributed by atoms with Crippen molar-refractivity contribution in [1.29, 1.82) is 0 Å². The third-order valence-corrected chi connectivity index (χ3v) is 5.42. The Balaban J connectivity index is 2.13. The Bertz CT molecular complexity index is 808. The summed E-state index contributed by atoms with van der Waals surface area (Å²) in [5.41, 5.74) is 3.35. The molecular formula is C18H26N4O2S. The molecule has 1 aromatic carbocycles. The number of hydrogen-bond acceptors (Lipinski definition) is 5. The maximum Gasteiger partial charge on any atom is 0.263 e. The van der Waals surface area contributed by atoms with Gasteiger partial charge in [-0.05, 0) is 58.1 Å². The van der Waals surface area contributed by atoms with Crippen LogP contribution in [0.4, 0.5) is 11.5 Å². The first-order valence-electron chi connectivity index (χ1n) is 8.14. The van der Waals surface area contributed by atoms with Crippen LogP contribution in [0.5, 0.6) is 0 Å². The average Bonchev–Trinajstić information content (AvgIpc) is 2.46. The molecule has 0 bridgehead atoms. The topological polar surface area (TPSA) is 74.3 Å². The van der Waals surface area contributed by atoms with Crippen molar-refractivity contribution in [2.24, 2.45) is 0 Å². The van der Waals surface area contributed by atoms with E-state index in [4.69, 9.17) is 0 Å². The van der Waals surface area contributed by atoms with E-state index in [0.717, 1.165) is 35.5 Å². The van der Waals surface area contributed by atoms with E-state index < -0.39 is 10.0 Å². The fraction of sp³-hybridized carbons (Fsp3) is 0.389. The fourth-order valence-corrected chi connectivity index (χ4v) is 4.23. The van der Waals surface area contributed by atoms with Crippen LogP contribution in [0.3, 0.4) is 0 Å². The Labute approximate surface area is 150 Å². The third kappa shape index (κ3) is 5.17. The van der Waals surface area contributed by atoms with Gasteiger partial charge in [-0.3, -0.25) is 4.72 Å². The summed E-state index contributed by atoms with van der Waals surface area (Å²) >= 11 is 0. The van der Waals surface area contributed by atoms with Gasteiger partial charge in [-0.2, -0.15) is 0 Å². The molecule has 136 valence electrons. The average molecular weight is 362 g/mol. The van der Waals surface area contributed by atoms with Crippen molar-refractivity contribution in [2.75, 3.05) is 37.2 Å². The predicted molar refractivity (Wildman–Crippen MR) is 103 cm³/mol. The summed E-state index contributed by atoms with van der Waals surface area (Å²) in [5, 5.41) is 3.24. The molecule has 0 aliphatic carbocycles. The molecule has 7 heteroatoms. The van der Waals surface area contributed by atoms with Crippen LogP contribution < -0.4 is 10.0 Å². The van der Waals surface area contributed by atoms with Crippen LogP contribution in [-0.2, 0) is 10.0 Å². The fourth-order valence-electron chi connectivity index (χ4n) is 2.76. The van der Waals surface area contributed by atoms with E-state index in [-0.39, 0.29) is 0 Å². The van der Waals surface area contributed by atoms with Crippen LogP contribution in [0.15, 0.2) is 35.4 Å². The molecule has 0 saturated heterocycles. The summed E-state index contributed by atoms with van der Waals surface area (Å²) in [4.78, 5) is 6.59. The second-order valence-electron chi connectivity index (χ2n) is 6.50.